The minimum absolute atomic E-state index is 0.0549. The van der Waals surface area contributed by atoms with E-state index in [1.165, 1.54) is 0 Å². The Morgan fingerprint density at radius 1 is 1.20 bits per heavy atom. The molecule has 0 spiro atoms. The van der Waals surface area contributed by atoms with Crippen molar-refractivity contribution >= 4 is 50.9 Å². The molecule has 4 aromatic rings. The molecule has 256 valence electrons. The molecule has 2 aromatic heterocycles. The number of halogens is 3. The molecular weight excluding hydrogens is 662 g/mol. The van der Waals surface area contributed by atoms with Crippen molar-refractivity contribution in [3.63, 3.8) is 0 Å². The van der Waals surface area contributed by atoms with Crippen molar-refractivity contribution in [2.45, 2.75) is 89.1 Å². The fourth-order valence-electron chi connectivity index (χ4n) is 9.24. The number of aromatic nitrogens is 2. The molecule has 1 N–H and O–H groups in total. The fourth-order valence-corrected chi connectivity index (χ4v) is 9.64. The second kappa shape index (κ2) is 12.7. The lowest BCUT2D eigenvalue weighted by molar-refractivity contribution is -0.129. The van der Waals surface area contributed by atoms with Gasteiger partial charge in [-0.3, -0.25) is 9.69 Å². The number of hydrogen-bond acceptors (Lipinski definition) is 6. The first-order valence-corrected chi connectivity index (χ1v) is 18.3. The molecule has 2 bridgehead atoms. The average Bonchev–Trinajstić information content (AvgIpc) is 3.91. The van der Waals surface area contributed by atoms with Crippen LogP contribution in [0, 0.1) is 23.1 Å². The van der Waals surface area contributed by atoms with E-state index in [1.807, 2.05) is 11.0 Å². The number of rotatable bonds is 8. The van der Waals surface area contributed by atoms with Crippen molar-refractivity contribution in [3.8, 4) is 23.1 Å². The van der Waals surface area contributed by atoms with Gasteiger partial charge in [-0.2, -0.15) is 5.26 Å². The first-order valence-electron chi connectivity index (χ1n) is 17.6. The third-order valence-electron chi connectivity index (χ3n) is 11.6. The zero-order chi connectivity index (χ0) is 34.1. The second-order valence-electron chi connectivity index (χ2n) is 14.4. The average molecular weight is 704 g/mol. The zero-order valence-corrected chi connectivity index (χ0v) is 29.6. The fraction of sp³-hybridized carbons (Fsp3) is 0.500. The lowest BCUT2D eigenvalue weighted by atomic mass is 9.79. The van der Waals surface area contributed by atoms with Crippen LogP contribution in [0.15, 0.2) is 30.3 Å². The Kier molecular flexibility index (Phi) is 8.51. The van der Waals surface area contributed by atoms with E-state index < -0.39 is 5.82 Å². The number of fused-ring (bicyclic) bond motifs is 4. The lowest BCUT2D eigenvalue weighted by Crippen LogP contribution is -2.40. The van der Waals surface area contributed by atoms with E-state index in [0.29, 0.717) is 51.9 Å². The van der Waals surface area contributed by atoms with Gasteiger partial charge in [0, 0.05) is 60.7 Å². The van der Waals surface area contributed by atoms with Crippen LogP contribution in [0.3, 0.4) is 0 Å². The summed E-state index contributed by atoms with van der Waals surface area (Å²) in [5, 5.41) is 15.4. The Bertz CT molecular complexity index is 2010. The van der Waals surface area contributed by atoms with Gasteiger partial charge < -0.3 is 19.5 Å². The third-order valence-corrected chi connectivity index (χ3v) is 12.4. The van der Waals surface area contributed by atoms with Gasteiger partial charge in [-0.15, -0.1) is 0 Å². The highest BCUT2D eigenvalue weighted by Gasteiger charge is 2.50. The van der Waals surface area contributed by atoms with Gasteiger partial charge in [0.1, 0.15) is 11.6 Å². The number of carbonyl (C=O) groups excluding carboxylic acids is 1. The normalized spacial score (nSPS) is 25.7. The van der Waals surface area contributed by atoms with E-state index in [1.54, 1.807) is 25.1 Å². The monoisotopic (exact) mass is 702 g/mol. The van der Waals surface area contributed by atoms with Crippen LogP contribution in [-0.2, 0) is 11.2 Å². The topological polar surface area (TPSA) is 86.4 Å². The van der Waals surface area contributed by atoms with E-state index in [-0.39, 0.29) is 53.1 Å². The Morgan fingerprint density at radius 3 is 2.71 bits per heavy atom. The Labute approximate surface area is 296 Å². The largest absolute Gasteiger partial charge is 0.472 e. The smallest absolute Gasteiger partial charge is 0.223 e. The van der Waals surface area contributed by atoms with E-state index in [9.17, 15) is 10.1 Å². The molecular formula is C38H41Cl2FN6O2. The van der Waals surface area contributed by atoms with Crippen LogP contribution in [0.5, 0.6) is 5.88 Å². The summed E-state index contributed by atoms with van der Waals surface area (Å²) in [6.45, 7) is 6.35. The maximum Gasteiger partial charge on any atom is 0.223 e. The van der Waals surface area contributed by atoms with Crippen LogP contribution in [-0.4, -0.2) is 70.1 Å². The van der Waals surface area contributed by atoms with Crippen LogP contribution in [0.1, 0.15) is 75.7 Å². The van der Waals surface area contributed by atoms with E-state index in [4.69, 9.17) is 32.9 Å². The second-order valence-corrected chi connectivity index (χ2v) is 15.2. The van der Waals surface area contributed by atoms with Gasteiger partial charge in [-0.05, 0) is 88.7 Å². The molecule has 49 heavy (non-hydrogen) atoms. The summed E-state index contributed by atoms with van der Waals surface area (Å²) in [4.78, 5) is 22.3. The van der Waals surface area contributed by atoms with Crippen molar-refractivity contribution in [1.82, 2.24) is 24.7 Å². The van der Waals surface area contributed by atoms with E-state index >= 15 is 4.39 Å². The number of amides is 1. The number of likely N-dealkylation sites (tertiary alicyclic amines) is 2. The van der Waals surface area contributed by atoms with Gasteiger partial charge in [0.25, 0.3) is 0 Å². The molecule has 5 fully saturated rings. The molecule has 2 aromatic carbocycles. The van der Waals surface area contributed by atoms with E-state index in [0.717, 1.165) is 61.8 Å². The summed E-state index contributed by atoms with van der Waals surface area (Å²) in [5.41, 5.74) is 3.56. The molecule has 9 rings (SSSR count). The summed E-state index contributed by atoms with van der Waals surface area (Å²) in [5.74, 6) is 0.369. The summed E-state index contributed by atoms with van der Waals surface area (Å²) in [7, 11) is 2.12. The Balaban J connectivity index is 1.44. The SMILES string of the molecule is CC(=O)N1CCC[C@@H]1c1cc2c(OC(C)[C@@H]3CCCN3C)nc3c(F)c(-c4cccc(Cl)c4Cl)c(CCC#N)cc3c2n1[C@H]1[C@H]2CN[C@@H]1C2. The van der Waals surface area contributed by atoms with Crippen LogP contribution in [0.25, 0.3) is 32.9 Å². The number of aryl methyl sites for hydroxylation is 1. The van der Waals surface area contributed by atoms with Gasteiger partial charge in [-0.25, -0.2) is 9.37 Å². The Morgan fingerprint density at radius 2 is 2.02 bits per heavy atom. The molecule has 11 heteroatoms. The predicted octanol–water partition coefficient (Wildman–Crippen LogP) is 7.84. The quantitative estimate of drug-likeness (QED) is 0.201. The molecule has 1 unspecified atom stereocenters. The number of nitrogens with one attached hydrogen (secondary N) is 1. The molecule has 4 saturated heterocycles. The molecule has 1 aliphatic carbocycles. The number of nitriles is 1. The van der Waals surface area contributed by atoms with Crippen molar-refractivity contribution < 1.29 is 13.9 Å². The molecule has 6 heterocycles. The number of pyridine rings is 1. The minimum atomic E-state index is -0.512. The number of hydrogen-bond donors (Lipinski definition) is 1. The lowest BCUT2D eigenvalue weighted by Gasteiger charge is -2.39. The van der Waals surface area contributed by atoms with Gasteiger partial charge >= 0.3 is 0 Å². The highest BCUT2D eigenvalue weighted by Crippen LogP contribution is 2.51. The van der Waals surface area contributed by atoms with Gasteiger partial charge in [-0.1, -0.05) is 35.3 Å². The van der Waals surface area contributed by atoms with Crippen LogP contribution in [0.4, 0.5) is 4.39 Å². The number of carbonyl (C=O) groups is 1. The summed E-state index contributed by atoms with van der Waals surface area (Å²) < 4.78 is 26.7. The summed E-state index contributed by atoms with van der Waals surface area (Å²) >= 11 is 13.2. The van der Waals surface area contributed by atoms with Gasteiger partial charge in [0.05, 0.1) is 39.1 Å². The van der Waals surface area contributed by atoms with Gasteiger partial charge in [0.2, 0.25) is 11.8 Å². The molecule has 1 amide bonds. The first-order chi connectivity index (χ1) is 23.7. The number of nitrogens with zero attached hydrogens (tertiary/aromatic N) is 5. The van der Waals surface area contributed by atoms with Gasteiger partial charge in [0.15, 0.2) is 5.82 Å². The molecule has 5 aliphatic rings. The van der Waals surface area contributed by atoms with Crippen molar-refractivity contribution in [2.24, 2.45) is 5.92 Å². The molecule has 4 aliphatic heterocycles. The molecule has 0 radical (unpaired) electrons. The number of likely N-dealkylation sites (N-methyl/N-ethyl adjacent to an activating group) is 1. The zero-order valence-electron chi connectivity index (χ0n) is 28.1. The molecule has 6 atom stereocenters. The first kappa shape index (κ1) is 32.8. The maximum absolute atomic E-state index is 17.4. The highest BCUT2D eigenvalue weighted by molar-refractivity contribution is 6.43. The van der Waals surface area contributed by atoms with Crippen molar-refractivity contribution in [3.05, 3.63) is 57.5 Å². The number of benzene rings is 2. The predicted molar refractivity (Wildman–Crippen MR) is 191 cm³/mol. The van der Waals surface area contributed by atoms with Crippen molar-refractivity contribution in [1.29, 1.82) is 5.26 Å². The van der Waals surface area contributed by atoms with Crippen LogP contribution >= 0.6 is 23.2 Å². The molecule has 8 nitrogen and oxygen atoms in total. The van der Waals surface area contributed by atoms with E-state index in [2.05, 4.69) is 40.9 Å². The third kappa shape index (κ3) is 5.29. The Hall–Kier alpha value is -3.42. The number of ether oxygens (including phenoxy) is 1. The highest BCUT2D eigenvalue weighted by atomic mass is 35.5. The maximum atomic E-state index is 17.4. The minimum Gasteiger partial charge on any atom is -0.472 e. The van der Waals surface area contributed by atoms with Crippen LogP contribution in [0.2, 0.25) is 10.0 Å². The molecule has 1 saturated carbocycles. The van der Waals surface area contributed by atoms with Crippen LogP contribution < -0.4 is 10.1 Å². The summed E-state index contributed by atoms with van der Waals surface area (Å²) in [6, 6.07) is 12.2. The van der Waals surface area contributed by atoms with Crippen molar-refractivity contribution in [2.75, 3.05) is 26.7 Å². The summed E-state index contributed by atoms with van der Waals surface area (Å²) in [6.07, 6.45) is 5.33. The standard InChI is InChI=1S/C38H41Cl2FN6O2/c1-20(29-11-6-14-45(29)3)49-38-26-18-31(30-12-7-15-46(30)21(2)48)47(36-23-17-28(36)43-19-23)37(26)25-16-22(8-5-13-42)32(34(41)35(25)44-38)24-9-4-10-27(39)33(24)40/h4,9-10,16,18,20,23,28-30,36,43H,5-8,11-12,14-15,17,19H2,1-3H3/t20?,23-,28-,29+,30-,36+/m1/s1.